The number of nitrogens with zero attached hydrogens (tertiary/aromatic N) is 3. The number of carbonyl (C=O) groups is 1. The van der Waals surface area contributed by atoms with E-state index in [9.17, 15) is 27.2 Å². The summed E-state index contributed by atoms with van der Waals surface area (Å²) in [6.45, 7) is 0. The second-order valence-electron chi connectivity index (χ2n) is 7.86. The minimum absolute atomic E-state index is 0.00311. The average Bonchev–Trinajstić information content (AvgIpc) is 3.19. The van der Waals surface area contributed by atoms with Crippen molar-refractivity contribution in [1.29, 1.82) is 0 Å². The molecule has 7 nitrogen and oxygen atoms in total. The van der Waals surface area contributed by atoms with Crippen LogP contribution in [0.3, 0.4) is 0 Å². The zero-order chi connectivity index (χ0) is 22.7. The van der Waals surface area contributed by atoms with E-state index in [0.29, 0.717) is 6.07 Å². The molecule has 2 fully saturated rings. The van der Waals surface area contributed by atoms with Gasteiger partial charge in [0, 0.05) is 18.5 Å². The van der Waals surface area contributed by atoms with Gasteiger partial charge in [-0.2, -0.15) is 13.2 Å². The Morgan fingerprint density at radius 2 is 1.81 bits per heavy atom. The van der Waals surface area contributed by atoms with E-state index >= 15 is 0 Å². The van der Waals surface area contributed by atoms with Gasteiger partial charge in [0.2, 0.25) is 0 Å². The van der Waals surface area contributed by atoms with Crippen LogP contribution in [0.25, 0.3) is 11.6 Å². The first-order valence-corrected chi connectivity index (χ1v) is 9.78. The molecule has 1 amide bonds. The number of aromatic nitrogens is 4. The Kier molecular flexibility index (Phi) is 4.40. The Bertz CT molecular complexity index is 1270. The average molecular weight is 445 g/mol. The molecule has 2 unspecified atom stereocenters. The Morgan fingerprint density at radius 3 is 2.41 bits per heavy atom. The van der Waals surface area contributed by atoms with Crippen molar-refractivity contribution in [2.45, 2.75) is 24.6 Å². The Hall–Kier alpha value is -3.63. The number of aromatic amines is 1. The van der Waals surface area contributed by atoms with Crippen LogP contribution in [0.5, 0.6) is 0 Å². The van der Waals surface area contributed by atoms with Gasteiger partial charge in [0.15, 0.2) is 11.6 Å². The van der Waals surface area contributed by atoms with Gasteiger partial charge >= 0.3 is 6.18 Å². The minimum Gasteiger partial charge on any atom is -0.341 e. The lowest BCUT2D eigenvalue weighted by molar-refractivity contribution is -0.140. The summed E-state index contributed by atoms with van der Waals surface area (Å²) in [7, 11) is 0. The topological polar surface area (TPSA) is 101 Å². The summed E-state index contributed by atoms with van der Waals surface area (Å²) in [6.07, 6.45) is -0.415. The molecule has 2 aromatic heterocycles. The van der Waals surface area contributed by atoms with Gasteiger partial charge in [-0.15, -0.1) is 0 Å². The van der Waals surface area contributed by atoms with Crippen molar-refractivity contribution in [3.63, 3.8) is 0 Å². The predicted octanol–water partition coefficient (Wildman–Crippen LogP) is 3.05. The monoisotopic (exact) mass is 445 g/mol. The molecule has 2 heterocycles. The van der Waals surface area contributed by atoms with Gasteiger partial charge in [-0.1, -0.05) is 6.07 Å². The van der Waals surface area contributed by atoms with Crippen LogP contribution in [0.15, 0.2) is 47.5 Å². The van der Waals surface area contributed by atoms with Crippen LogP contribution in [0.2, 0.25) is 0 Å². The van der Waals surface area contributed by atoms with E-state index in [2.05, 4.69) is 25.3 Å². The summed E-state index contributed by atoms with van der Waals surface area (Å²) in [4.78, 5) is 39.6. The molecule has 164 valence electrons. The molecule has 11 heteroatoms. The highest BCUT2D eigenvalue weighted by Gasteiger charge is 2.71. The molecule has 3 aromatic rings. The van der Waals surface area contributed by atoms with Crippen molar-refractivity contribution >= 4 is 5.91 Å². The number of halogens is 4. The number of alkyl halides is 3. The number of nitrogens with one attached hydrogen (secondary N) is 2. The van der Waals surface area contributed by atoms with Crippen molar-refractivity contribution in [2.24, 2.45) is 11.8 Å². The summed E-state index contributed by atoms with van der Waals surface area (Å²) in [5.74, 6) is -2.00. The van der Waals surface area contributed by atoms with Crippen LogP contribution in [0.1, 0.15) is 34.5 Å². The number of amides is 1. The highest BCUT2D eigenvalue weighted by atomic mass is 19.4. The van der Waals surface area contributed by atoms with Crippen LogP contribution >= 0.6 is 0 Å². The number of carbonyl (C=O) groups excluding carboxylic acids is 1. The second-order valence-corrected chi connectivity index (χ2v) is 7.86. The van der Waals surface area contributed by atoms with Gasteiger partial charge in [0.1, 0.15) is 11.5 Å². The zero-order valence-electron chi connectivity index (χ0n) is 16.3. The Morgan fingerprint density at radius 1 is 1.12 bits per heavy atom. The lowest BCUT2D eigenvalue weighted by Crippen LogP contribution is -2.38. The van der Waals surface area contributed by atoms with E-state index in [4.69, 9.17) is 0 Å². The van der Waals surface area contributed by atoms with Crippen molar-refractivity contribution in [3.8, 4) is 11.6 Å². The number of hydrogen-bond acceptors (Lipinski definition) is 5. The summed E-state index contributed by atoms with van der Waals surface area (Å²) < 4.78 is 53.1. The Labute approximate surface area is 178 Å². The number of fused-ring (bicyclic) bond motifs is 1. The lowest BCUT2D eigenvalue weighted by Gasteiger charge is -2.20. The number of benzene rings is 1. The third kappa shape index (κ3) is 3.15. The highest BCUT2D eigenvalue weighted by molar-refractivity contribution is 5.93. The third-order valence-corrected chi connectivity index (χ3v) is 6.16. The van der Waals surface area contributed by atoms with Crippen LogP contribution < -0.4 is 10.9 Å². The fourth-order valence-electron chi connectivity index (χ4n) is 4.53. The summed E-state index contributed by atoms with van der Waals surface area (Å²) in [6, 6.07) is 5.29. The maximum Gasteiger partial charge on any atom is 0.419 e. The molecule has 5 rings (SSSR count). The van der Waals surface area contributed by atoms with Gasteiger partial charge in [0.05, 0.1) is 11.1 Å². The Balaban J connectivity index is 1.48. The zero-order valence-corrected chi connectivity index (χ0v) is 16.3. The van der Waals surface area contributed by atoms with Gasteiger partial charge < -0.3 is 10.3 Å². The summed E-state index contributed by atoms with van der Waals surface area (Å²) >= 11 is 0. The molecular formula is C21H15F4N5O2. The largest absolute Gasteiger partial charge is 0.419 e. The molecular weight excluding hydrogens is 430 g/mol. The van der Waals surface area contributed by atoms with Crippen LogP contribution in [-0.2, 0) is 11.7 Å². The SMILES string of the molecule is O=C(NC1(c2ccc(C(F)(F)F)c(F)c2)C2CCC21)c1cc(=O)[nH]c(-c2ncccn2)n1. The number of H-pyrrole nitrogens is 1. The predicted molar refractivity (Wildman–Crippen MR) is 103 cm³/mol. The van der Waals surface area contributed by atoms with Crippen molar-refractivity contribution < 1.29 is 22.4 Å². The fraction of sp³-hybridized carbons (Fsp3) is 0.286. The summed E-state index contributed by atoms with van der Waals surface area (Å²) in [5.41, 5.74) is -2.88. The molecule has 2 aliphatic carbocycles. The fourth-order valence-corrected chi connectivity index (χ4v) is 4.53. The standard InChI is InChI=1S/C21H15F4N5O2/c22-14-8-10(2-3-13(14)21(23,24)25)20(11-4-5-12(11)20)30-19(32)15-9-16(31)29-18(28-15)17-26-6-1-7-27-17/h1-3,6-9,11-12H,4-5H2,(H,30,32)(H,28,29,31). The van der Waals surface area contributed by atoms with E-state index in [1.165, 1.54) is 18.5 Å². The molecule has 2 aliphatic rings. The molecule has 2 N–H and O–H groups in total. The molecule has 1 aromatic carbocycles. The van der Waals surface area contributed by atoms with E-state index < -0.39 is 34.6 Å². The highest BCUT2D eigenvalue weighted by Crippen LogP contribution is 2.69. The van der Waals surface area contributed by atoms with Crippen LogP contribution in [0.4, 0.5) is 17.6 Å². The van der Waals surface area contributed by atoms with Gasteiger partial charge in [0.25, 0.3) is 11.5 Å². The quantitative estimate of drug-likeness (QED) is 0.602. The maximum atomic E-state index is 14.2. The van der Waals surface area contributed by atoms with Crippen molar-refractivity contribution in [3.05, 3.63) is 75.7 Å². The van der Waals surface area contributed by atoms with Gasteiger partial charge in [-0.25, -0.2) is 19.3 Å². The van der Waals surface area contributed by atoms with Crippen LogP contribution in [0, 0.1) is 17.7 Å². The number of hydrogen-bond donors (Lipinski definition) is 2. The first-order chi connectivity index (χ1) is 15.2. The lowest BCUT2D eigenvalue weighted by atomic mass is 9.99. The molecule has 0 bridgehead atoms. The molecule has 0 saturated heterocycles. The van der Waals surface area contributed by atoms with E-state index in [1.54, 1.807) is 6.07 Å². The first kappa shape index (κ1) is 20.3. The van der Waals surface area contributed by atoms with E-state index in [1.807, 2.05) is 0 Å². The molecule has 2 atom stereocenters. The van der Waals surface area contributed by atoms with Gasteiger partial charge in [-0.05, 0) is 48.4 Å². The second kappa shape index (κ2) is 6.94. The van der Waals surface area contributed by atoms with Crippen molar-refractivity contribution in [1.82, 2.24) is 25.3 Å². The minimum atomic E-state index is -4.81. The molecule has 0 radical (unpaired) electrons. The van der Waals surface area contributed by atoms with E-state index in [-0.39, 0.29) is 34.7 Å². The van der Waals surface area contributed by atoms with Crippen molar-refractivity contribution in [2.75, 3.05) is 0 Å². The normalized spacial score (nSPS) is 23.8. The first-order valence-electron chi connectivity index (χ1n) is 9.78. The van der Waals surface area contributed by atoms with Crippen LogP contribution in [-0.4, -0.2) is 25.8 Å². The van der Waals surface area contributed by atoms with E-state index in [0.717, 1.165) is 25.0 Å². The third-order valence-electron chi connectivity index (χ3n) is 6.16. The molecule has 32 heavy (non-hydrogen) atoms. The molecule has 2 saturated carbocycles. The maximum absolute atomic E-state index is 14.2. The molecule has 0 spiro atoms. The molecule has 0 aliphatic heterocycles. The number of rotatable bonds is 4. The summed E-state index contributed by atoms with van der Waals surface area (Å²) in [5, 5.41) is 2.81. The van der Waals surface area contributed by atoms with Gasteiger partial charge in [-0.3, -0.25) is 9.59 Å². The smallest absolute Gasteiger partial charge is 0.341 e.